The first-order valence-corrected chi connectivity index (χ1v) is 5.80. The van der Waals surface area contributed by atoms with Crippen molar-refractivity contribution in [3.05, 3.63) is 36.4 Å². The van der Waals surface area contributed by atoms with Crippen LogP contribution in [0.1, 0.15) is 18.9 Å². The quantitative estimate of drug-likeness (QED) is 0.722. The van der Waals surface area contributed by atoms with E-state index in [2.05, 4.69) is 15.1 Å². The molecule has 0 radical (unpaired) electrons. The highest BCUT2D eigenvalue weighted by atomic mass is 16.3. The Morgan fingerprint density at radius 3 is 2.83 bits per heavy atom. The zero-order valence-electron chi connectivity index (χ0n) is 10.3. The minimum Gasteiger partial charge on any atom is -0.385 e. The summed E-state index contributed by atoms with van der Waals surface area (Å²) < 4.78 is 1.77. The number of aromatic amines is 1. The fraction of sp³-hybridized carbons (Fsp3) is 0.231. The first kappa shape index (κ1) is 11.0. The molecule has 0 saturated carbocycles. The van der Waals surface area contributed by atoms with Crippen molar-refractivity contribution in [1.29, 1.82) is 0 Å². The van der Waals surface area contributed by atoms with E-state index in [0.29, 0.717) is 5.82 Å². The lowest BCUT2D eigenvalue weighted by Gasteiger charge is -1.96. The van der Waals surface area contributed by atoms with Crippen LogP contribution in [0, 0.1) is 0 Å². The third kappa shape index (κ3) is 1.78. The van der Waals surface area contributed by atoms with Crippen LogP contribution in [0.25, 0.3) is 22.2 Å². The molecule has 1 aromatic carbocycles. The molecule has 0 unspecified atom stereocenters. The predicted octanol–water partition coefficient (Wildman–Crippen LogP) is 2.02. The van der Waals surface area contributed by atoms with Crippen LogP contribution in [0.3, 0.4) is 0 Å². The summed E-state index contributed by atoms with van der Waals surface area (Å²) in [5.41, 5.74) is 3.93. The van der Waals surface area contributed by atoms with Crippen LogP contribution in [0.5, 0.6) is 0 Å². The molecular weight excluding hydrogens is 228 g/mol. The maximum absolute atomic E-state index is 9.51. The second-order valence-corrected chi connectivity index (χ2v) is 4.43. The second-order valence-electron chi connectivity index (χ2n) is 4.43. The number of hydrogen-bond acceptors (Lipinski definition) is 3. The fourth-order valence-electron chi connectivity index (χ4n) is 1.98. The zero-order chi connectivity index (χ0) is 12.7. The Morgan fingerprint density at radius 1 is 1.33 bits per heavy atom. The number of fused-ring (bicyclic) bond motifs is 1. The van der Waals surface area contributed by atoms with E-state index in [-0.39, 0.29) is 0 Å². The van der Waals surface area contributed by atoms with Gasteiger partial charge in [0, 0.05) is 18.8 Å². The first-order valence-electron chi connectivity index (χ1n) is 5.80. The van der Waals surface area contributed by atoms with Gasteiger partial charge in [-0.05, 0) is 24.6 Å². The molecule has 0 fully saturated rings. The van der Waals surface area contributed by atoms with Crippen molar-refractivity contribution in [2.75, 3.05) is 0 Å². The largest absolute Gasteiger partial charge is 0.385 e. The molecule has 0 spiro atoms. The van der Waals surface area contributed by atoms with E-state index in [9.17, 15) is 5.11 Å². The van der Waals surface area contributed by atoms with E-state index < -0.39 is 6.10 Å². The summed E-state index contributed by atoms with van der Waals surface area (Å²) in [5.74, 6) is 0.591. The number of imidazole rings is 1. The lowest BCUT2D eigenvalue weighted by molar-refractivity contribution is 0.190. The molecule has 0 aliphatic rings. The zero-order valence-corrected chi connectivity index (χ0v) is 10.3. The molecule has 18 heavy (non-hydrogen) atoms. The van der Waals surface area contributed by atoms with Crippen LogP contribution in [0.2, 0.25) is 0 Å². The summed E-state index contributed by atoms with van der Waals surface area (Å²) in [4.78, 5) is 7.45. The number of nitrogens with one attached hydrogen (secondary N) is 1. The molecule has 2 aromatic heterocycles. The number of rotatable bonds is 2. The van der Waals surface area contributed by atoms with Crippen LogP contribution in [-0.4, -0.2) is 24.9 Å². The van der Waals surface area contributed by atoms with Crippen molar-refractivity contribution < 1.29 is 5.11 Å². The van der Waals surface area contributed by atoms with Crippen LogP contribution in [0.15, 0.2) is 30.6 Å². The molecule has 0 amide bonds. The van der Waals surface area contributed by atoms with Gasteiger partial charge in [-0.15, -0.1) is 0 Å². The highest BCUT2D eigenvalue weighted by Crippen LogP contribution is 2.23. The van der Waals surface area contributed by atoms with Gasteiger partial charge in [-0.25, -0.2) is 4.98 Å². The van der Waals surface area contributed by atoms with Gasteiger partial charge in [0.15, 0.2) is 0 Å². The van der Waals surface area contributed by atoms with Crippen LogP contribution in [-0.2, 0) is 7.05 Å². The topological polar surface area (TPSA) is 66.7 Å². The monoisotopic (exact) mass is 242 g/mol. The van der Waals surface area contributed by atoms with Crippen molar-refractivity contribution in [2.45, 2.75) is 13.0 Å². The minimum absolute atomic E-state index is 0.584. The molecule has 2 N–H and O–H groups in total. The van der Waals surface area contributed by atoms with Gasteiger partial charge in [-0.3, -0.25) is 4.68 Å². The molecule has 3 aromatic rings. The van der Waals surface area contributed by atoms with Crippen LogP contribution < -0.4 is 0 Å². The molecule has 2 heterocycles. The van der Waals surface area contributed by atoms with Crippen molar-refractivity contribution in [1.82, 2.24) is 19.7 Å². The van der Waals surface area contributed by atoms with Gasteiger partial charge in [0.2, 0.25) is 0 Å². The van der Waals surface area contributed by atoms with Crippen molar-refractivity contribution in [3.8, 4) is 11.1 Å². The molecule has 3 rings (SSSR count). The van der Waals surface area contributed by atoms with E-state index in [4.69, 9.17) is 0 Å². The normalized spacial score (nSPS) is 13.1. The second kappa shape index (κ2) is 3.96. The van der Waals surface area contributed by atoms with E-state index >= 15 is 0 Å². The van der Waals surface area contributed by atoms with Gasteiger partial charge >= 0.3 is 0 Å². The van der Waals surface area contributed by atoms with Gasteiger partial charge in [0.05, 0.1) is 17.2 Å². The summed E-state index contributed by atoms with van der Waals surface area (Å²) in [5, 5.41) is 13.7. The van der Waals surface area contributed by atoms with Crippen LogP contribution in [0.4, 0.5) is 0 Å². The molecule has 0 saturated heterocycles. The lowest BCUT2D eigenvalue weighted by Crippen LogP contribution is -1.92. The summed E-state index contributed by atoms with van der Waals surface area (Å²) in [7, 11) is 1.89. The summed E-state index contributed by atoms with van der Waals surface area (Å²) in [6, 6.07) is 5.97. The van der Waals surface area contributed by atoms with Gasteiger partial charge in [-0.2, -0.15) is 5.10 Å². The lowest BCUT2D eigenvalue weighted by atomic mass is 10.1. The van der Waals surface area contributed by atoms with Gasteiger partial charge in [0.1, 0.15) is 11.9 Å². The van der Waals surface area contributed by atoms with Crippen LogP contribution >= 0.6 is 0 Å². The Morgan fingerprint density at radius 2 is 2.17 bits per heavy atom. The van der Waals surface area contributed by atoms with Gasteiger partial charge in [0.25, 0.3) is 0 Å². The van der Waals surface area contributed by atoms with E-state index in [1.165, 1.54) is 0 Å². The fourth-order valence-corrected chi connectivity index (χ4v) is 1.98. The summed E-state index contributed by atoms with van der Waals surface area (Å²) >= 11 is 0. The Hall–Kier alpha value is -2.14. The third-order valence-electron chi connectivity index (χ3n) is 2.93. The number of H-pyrrole nitrogens is 1. The molecule has 0 aliphatic carbocycles. The van der Waals surface area contributed by atoms with E-state index in [0.717, 1.165) is 22.2 Å². The van der Waals surface area contributed by atoms with E-state index in [1.54, 1.807) is 11.6 Å². The summed E-state index contributed by atoms with van der Waals surface area (Å²) in [6.07, 6.45) is 3.21. The Kier molecular flexibility index (Phi) is 2.41. The van der Waals surface area contributed by atoms with Gasteiger partial charge < -0.3 is 10.1 Å². The number of aliphatic hydroxyl groups excluding tert-OH is 1. The molecular formula is C13H14N4O. The van der Waals surface area contributed by atoms with Crippen molar-refractivity contribution >= 4 is 11.0 Å². The number of aliphatic hydroxyl groups is 1. The molecule has 0 aliphatic heterocycles. The number of nitrogens with zero attached hydrogens (tertiary/aromatic N) is 3. The minimum atomic E-state index is -0.584. The molecule has 0 bridgehead atoms. The number of benzene rings is 1. The Labute approximate surface area is 104 Å². The molecule has 1 atom stereocenters. The Balaban J connectivity index is 2.10. The standard InChI is InChI=1S/C13H14N4O/c1-8(18)13-15-11-4-3-9(5-12(11)16-13)10-6-14-17(2)7-10/h3-8,18H,1-2H3,(H,15,16)/t8-/m1/s1. The molecule has 5 nitrogen and oxygen atoms in total. The molecule has 5 heteroatoms. The highest BCUT2D eigenvalue weighted by Gasteiger charge is 2.09. The highest BCUT2D eigenvalue weighted by molar-refractivity contribution is 5.81. The number of hydrogen-bond donors (Lipinski definition) is 2. The van der Waals surface area contributed by atoms with Crippen molar-refractivity contribution in [2.24, 2.45) is 7.05 Å². The predicted molar refractivity (Wildman–Crippen MR) is 68.9 cm³/mol. The van der Waals surface area contributed by atoms with E-state index in [1.807, 2.05) is 37.6 Å². The first-order chi connectivity index (χ1) is 8.63. The molecule has 92 valence electrons. The Bertz CT molecular complexity index is 696. The number of aryl methyl sites for hydroxylation is 1. The van der Waals surface area contributed by atoms with Gasteiger partial charge in [-0.1, -0.05) is 6.07 Å². The average molecular weight is 242 g/mol. The maximum atomic E-state index is 9.51. The summed E-state index contributed by atoms with van der Waals surface area (Å²) in [6.45, 7) is 1.69. The maximum Gasteiger partial charge on any atom is 0.135 e. The average Bonchev–Trinajstić information content (AvgIpc) is 2.93. The smallest absolute Gasteiger partial charge is 0.135 e. The number of aromatic nitrogens is 4. The third-order valence-corrected chi connectivity index (χ3v) is 2.93. The SMILES string of the molecule is C[C@@H](O)c1nc2ccc(-c3cnn(C)c3)cc2[nH]1. The van der Waals surface area contributed by atoms with Crippen molar-refractivity contribution in [3.63, 3.8) is 0 Å².